The van der Waals surface area contributed by atoms with E-state index in [1.807, 2.05) is 0 Å². The Morgan fingerprint density at radius 2 is 2.17 bits per heavy atom. The van der Waals surface area contributed by atoms with Gasteiger partial charge in [-0.25, -0.2) is 4.68 Å². The van der Waals surface area contributed by atoms with Crippen LogP contribution < -0.4 is 5.32 Å². The van der Waals surface area contributed by atoms with Crippen molar-refractivity contribution < 1.29 is 19.3 Å². The number of aromatic nitrogens is 4. The van der Waals surface area contributed by atoms with Crippen LogP contribution >= 0.6 is 20.0 Å². The molecule has 0 bridgehead atoms. The van der Waals surface area contributed by atoms with E-state index < -0.39 is 14.2 Å². The van der Waals surface area contributed by atoms with Gasteiger partial charge in [0, 0.05) is 6.04 Å². The van der Waals surface area contributed by atoms with Crippen LogP contribution in [0.15, 0.2) is 6.20 Å². The van der Waals surface area contributed by atoms with Gasteiger partial charge in [0.2, 0.25) is 5.28 Å². The first-order chi connectivity index (χ1) is 14.4. The van der Waals surface area contributed by atoms with E-state index in [1.54, 1.807) is 17.8 Å². The number of hydrogen-bond acceptors (Lipinski definition) is 8. The fourth-order valence-corrected chi connectivity index (χ4v) is 5.27. The maximum atomic E-state index is 9.21. The predicted molar refractivity (Wildman–Crippen MR) is 113 cm³/mol. The highest BCUT2D eigenvalue weighted by molar-refractivity contribution is 7.45. The molecule has 164 valence electrons. The molecule has 30 heavy (non-hydrogen) atoms. The Labute approximate surface area is 181 Å². The van der Waals surface area contributed by atoms with Gasteiger partial charge in [-0.2, -0.15) is 15.1 Å². The van der Waals surface area contributed by atoms with E-state index in [9.17, 15) is 9.79 Å². The van der Waals surface area contributed by atoms with Gasteiger partial charge < -0.3 is 24.6 Å². The summed E-state index contributed by atoms with van der Waals surface area (Å²) in [4.78, 5) is 27.2. The van der Waals surface area contributed by atoms with Gasteiger partial charge in [-0.15, -0.1) is 0 Å². The molecule has 2 aromatic heterocycles. The van der Waals surface area contributed by atoms with Crippen molar-refractivity contribution >= 4 is 36.8 Å². The normalized spacial score (nSPS) is 26.8. The number of ether oxygens (including phenoxy) is 2. The Bertz CT molecular complexity index is 916. The van der Waals surface area contributed by atoms with Crippen LogP contribution in [0.2, 0.25) is 5.28 Å². The van der Waals surface area contributed by atoms with Crippen LogP contribution in [0.25, 0.3) is 11.0 Å². The Hall–Kier alpha value is -1.09. The summed E-state index contributed by atoms with van der Waals surface area (Å²) in [6, 6.07) is 0.428. The minimum absolute atomic E-state index is 0.129. The zero-order valence-corrected chi connectivity index (χ0v) is 18.5. The molecule has 9 nitrogen and oxygen atoms in total. The summed E-state index contributed by atoms with van der Waals surface area (Å²) in [5, 5.41) is 9.10. The van der Waals surface area contributed by atoms with Crippen LogP contribution in [0.4, 0.5) is 5.82 Å². The van der Waals surface area contributed by atoms with Crippen molar-refractivity contribution in [2.24, 2.45) is 5.41 Å². The lowest BCUT2D eigenvalue weighted by Gasteiger charge is -2.54. The minimum Gasteiger partial charge on any atom is -0.367 e. The van der Waals surface area contributed by atoms with Crippen LogP contribution in [0, 0.1) is 5.41 Å². The van der Waals surface area contributed by atoms with E-state index >= 15 is 0 Å². The lowest BCUT2D eigenvalue weighted by Crippen LogP contribution is -2.49. The monoisotopic (exact) mass is 455 g/mol. The molecule has 3 fully saturated rings. The molecular weight excluding hydrogens is 429 g/mol. The zero-order valence-electron chi connectivity index (χ0n) is 16.9. The van der Waals surface area contributed by atoms with Crippen molar-refractivity contribution in [1.82, 2.24) is 19.7 Å². The number of rotatable bonds is 7. The lowest BCUT2D eigenvalue weighted by atomic mass is 9.54. The van der Waals surface area contributed by atoms with Crippen molar-refractivity contribution in [1.29, 1.82) is 0 Å². The van der Waals surface area contributed by atoms with E-state index in [1.165, 1.54) is 32.1 Å². The van der Waals surface area contributed by atoms with Crippen LogP contribution in [-0.2, 0) is 9.47 Å². The smallest absolute Gasteiger partial charge is 0.226 e. The first-order valence-corrected chi connectivity index (χ1v) is 12.2. The molecule has 3 heterocycles. The van der Waals surface area contributed by atoms with Gasteiger partial charge in [-0.1, -0.05) is 6.42 Å². The van der Waals surface area contributed by atoms with Crippen LogP contribution in [-0.4, -0.2) is 54.1 Å². The molecule has 1 aliphatic heterocycles. The van der Waals surface area contributed by atoms with E-state index in [0.717, 1.165) is 24.0 Å². The van der Waals surface area contributed by atoms with Gasteiger partial charge in [0.1, 0.15) is 11.7 Å². The van der Waals surface area contributed by atoms with E-state index in [4.69, 9.17) is 21.1 Å². The zero-order chi connectivity index (χ0) is 20.9. The third-order valence-corrected chi connectivity index (χ3v) is 7.72. The van der Waals surface area contributed by atoms with Gasteiger partial charge in [0.05, 0.1) is 24.3 Å². The first kappa shape index (κ1) is 20.8. The van der Waals surface area contributed by atoms with Crippen molar-refractivity contribution in [3.05, 3.63) is 11.5 Å². The second-order valence-corrected chi connectivity index (χ2v) is 10.5. The minimum atomic E-state index is -2.10. The third kappa shape index (κ3) is 3.92. The van der Waals surface area contributed by atoms with Crippen molar-refractivity contribution in [3.63, 3.8) is 0 Å². The number of nitrogens with one attached hydrogen (secondary N) is 1. The number of halogens is 1. The third-order valence-electron chi connectivity index (χ3n) is 6.75. The van der Waals surface area contributed by atoms with Gasteiger partial charge in [-0.3, -0.25) is 0 Å². The van der Waals surface area contributed by atoms with Crippen LogP contribution in [0.5, 0.6) is 0 Å². The van der Waals surface area contributed by atoms with Crippen molar-refractivity contribution in [3.8, 4) is 0 Å². The number of hydrogen-bond donors (Lipinski definition) is 3. The summed E-state index contributed by atoms with van der Waals surface area (Å²) in [6.45, 7) is 1.95. The molecule has 3 atom stereocenters. The average Bonchev–Trinajstić information content (AvgIpc) is 3.26. The first-order valence-electron chi connectivity index (χ1n) is 10.5. The molecule has 5 rings (SSSR count). The molecule has 1 spiro atoms. The quantitative estimate of drug-likeness (QED) is 0.429. The highest BCUT2D eigenvalue weighted by Crippen LogP contribution is 2.56. The van der Waals surface area contributed by atoms with E-state index in [2.05, 4.69) is 20.4 Å². The Morgan fingerprint density at radius 3 is 2.87 bits per heavy atom. The highest BCUT2D eigenvalue weighted by Gasteiger charge is 2.48. The largest absolute Gasteiger partial charge is 0.367 e. The second-order valence-electron chi connectivity index (χ2n) is 8.81. The standard InChI is InChI=1S/C19H27ClN5O4P/c1-11(30(26)27)28-10-13-3-4-15(29-13)25-17-14(9-21-25)16(23-18(20)24-17)22-12-7-19(8-12)5-2-6-19/h9,11-13,15,26-27H,2-8,10H2,1H3,(H,22,23,24). The molecule has 0 radical (unpaired) electrons. The molecule has 2 aromatic rings. The molecule has 2 saturated carbocycles. The van der Waals surface area contributed by atoms with Crippen LogP contribution in [0.3, 0.4) is 0 Å². The summed E-state index contributed by atoms with van der Waals surface area (Å²) in [5.74, 6) is 0.139. The summed E-state index contributed by atoms with van der Waals surface area (Å²) in [7, 11) is -2.10. The number of nitrogens with zero attached hydrogens (tertiary/aromatic N) is 4. The molecule has 3 N–H and O–H groups in total. The summed E-state index contributed by atoms with van der Waals surface area (Å²) >= 11 is 6.23. The Kier molecular flexibility index (Phi) is 5.62. The summed E-state index contributed by atoms with van der Waals surface area (Å²) in [5.41, 5.74) is 1.24. The molecule has 1 saturated heterocycles. The molecular formula is C19H27ClN5O4P. The fourth-order valence-electron chi connectivity index (χ4n) is 4.89. The topological polar surface area (TPSA) is 115 Å². The molecule has 11 heteroatoms. The van der Waals surface area contributed by atoms with Gasteiger partial charge >= 0.3 is 0 Å². The highest BCUT2D eigenvalue weighted by atomic mass is 35.5. The Balaban J connectivity index is 1.27. The second kappa shape index (κ2) is 8.11. The SMILES string of the molecule is CC(OCC1CCC(n2ncc3c(NC4CC5(CCC5)C4)nc(Cl)nc32)O1)P(O)O. The molecule has 0 aromatic carbocycles. The molecule has 3 aliphatic rings. The lowest BCUT2D eigenvalue weighted by molar-refractivity contribution is -0.0489. The Morgan fingerprint density at radius 1 is 1.37 bits per heavy atom. The number of anilines is 1. The summed E-state index contributed by atoms with van der Waals surface area (Å²) < 4.78 is 13.3. The maximum Gasteiger partial charge on any atom is 0.226 e. The molecule has 0 amide bonds. The average molecular weight is 456 g/mol. The van der Waals surface area contributed by atoms with Crippen LogP contribution in [0.1, 0.15) is 58.1 Å². The van der Waals surface area contributed by atoms with Crippen molar-refractivity contribution in [2.75, 3.05) is 11.9 Å². The van der Waals surface area contributed by atoms with Gasteiger partial charge in [-0.05, 0) is 62.5 Å². The predicted octanol–water partition coefficient (Wildman–Crippen LogP) is 3.56. The molecule has 2 aliphatic carbocycles. The summed E-state index contributed by atoms with van der Waals surface area (Å²) in [6.07, 6.45) is 9.38. The van der Waals surface area contributed by atoms with Gasteiger partial charge in [0.15, 0.2) is 20.3 Å². The number of fused-ring (bicyclic) bond motifs is 1. The molecule has 3 unspecified atom stereocenters. The maximum absolute atomic E-state index is 9.21. The van der Waals surface area contributed by atoms with Gasteiger partial charge in [0.25, 0.3) is 0 Å². The van der Waals surface area contributed by atoms with E-state index in [-0.39, 0.29) is 17.6 Å². The van der Waals surface area contributed by atoms with Crippen molar-refractivity contribution in [2.45, 2.75) is 76.1 Å². The van der Waals surface area contributed by atoms with E-state index in [0.29, 0.717) is 23.7 Å². The fraction of sp³-hybridized carbons (Fsp3) is 0.737.